The van der Waals surface area contributed by atoms with Crippen LogP contribution in [0.15, 0.2) is 60.7 Å². The summed E-state index contributed by atoms with van der Waals surface area (Å²) in [5.74, 6) is -2.10. The van der Waals surface area contributed by atoms with Crippen molar-refractivity contribution in [2.45, 2.75) is 87.7 Å². The number of carbonyl (C=O) groups is 4. The monoisotopic (exact) mass is 594 g/mol. The Kier molecular flexibility index (Phi) is 10.0. The van der Waals surface area contributed by atoms with Crippen molar-refractivity contribution >= 4 is 23.6 Å². The number of nitrogens with two attached hydrogens (primary N) is 1. The Morgan fingerprint density at radius 2 is 1.33 bits per heavy atom. The van der Waals surface area contributed by atoms with Crippen molar-refractivity contribution in [3.05, 3.63) is 71.8 Å². The van der Waals surface area contributed by atoms with Crippen LogP contribution in [0.1, 0.15) is 50.7 Å². The highest BCUT2D eigenvalue weighted by atomic mass is 16.3. The third kappa shape index (κ3) is 6.50. The van der Waals surface area contributed by atoms with Gasteiger partial charge < -0.3 is 31.1 Å². The fourth-order valence-corrected chi connectivity index (χ4v) is 6.61. The summed E-state index contributed by atoms with van der Waals surface area (Å²) in [5, 5.41) is 23.1. The van der Waals surface area contributed by atoms with Crippen LogP contribution in [0.4, 0.5) is 0 Å². The number of aliphatic hydroxyl groups excluding tert-OH is 2. The van der Waals surface area contributed by atoms with Crippen molar-refractivity contribution in [3.8, 4) is 0 Å². The lowest BCUT2D eigenvalue weighted by atomic mass is 9.82. The molecule has 2 aliphatic heterocycles. The number of hydrogen-bond donors (Lipinski definition) is 5. The largest absolute Gasteiger partial charge is 0.391 e. The van der Waals surface area contributed by atoms with E-state index in [0.29, 0.717) is 25.7 Å². The molecule has 232 valence electrons. The highest BCUT2D eigenvalue weighted by Gasteiger charge is 2.59. The first kappa shape index (κ1) is 32.3. The van der Waals surface area contributed by atoms with Gasteiger partial charge in [-0.1, -0.05) is 60.7 Å². The topological polar surface area (TPSA) is 181 Å². The first-order valence-corrected chi connectivity index (χ1v) is 14.9. The number of hydrogen-bond acceptors (Lipinski definition) is 7. The molecule has 2 heterocycles. The molecule has 2 fully saturated rings. The van der Waals surface area contributed by atoms with Gasteiger partial charge in [0, 0.05) is 25.9 Å². The highest BCUT2D eigenvalue weighted by molar-refractivity contribution is 5.99. The van der Waals surface area contributed by atoms with Gasteiger partial charge in [-0.05, 0) is 50.7 Å². The van der Waals surface area contributed by atoms with Gasteiger partial charge in [0.25, 0.3) is 0 Å². The van der Waals surface area contributed by atoms with Gasteiger partial charge in [0.15, 0.2) is 6.04 Å². The summed E-state index contributed by atoms with van der Waals surface area (Å²) < 4.78 is 0. The molecule has 0 spiro atoms. The van der Waals surface area contributed by atoms with E-state index in [4.69, 9.17) is 5.73 Å². The van der Waals surface area contributed by atoms with E-state index < -0.39 is 53.1 Å². The van der Waals surface area contributed by atoms with Crippen LogP contribution in [0.25, 0.3) is 0 Å². The Morgan fingerprint density at radius 1 is 0.837 bits per heavy atom. The number of likely N-dealkylation sites (tertiary alicyclic amines) is 2. The predicted molar refractivity (Wildman–Crippen MR) is 159 cm³/mol. The minimum Gasteiger partial charge on any atom is -0.391 e. The fraction of sp³-hybridized carbons (Fsp3) is 0.500. The molecule has 4 amide bonds. The first-order chi connectivity index (χ1) is 20.4. The van der Waals surface area contributed by atoms with Crippen molar-refractivity contribution in [3.63, 3.8) is 0 Å². The summed E-state index contributed by atoms with van der Waals surface area (Å²) >= 11 is 0. The molecule has 6 unspecified atom stereocenters. The van der Waals surface area contributed by atoms with Crippen LogP contribution in [0.2, 0.25) is 0 Å². The van der Waals surface area contributed by atoms with Crippen molar-refractivity contribution < 1.29 is 35.1 Å². The Balaban J connectivity index is 1.82. The summed E-state index contributed by atoms with van der Waals surface area (Å²) in [4.78, 5) is 58.4. The number of nitrogens with one attached hydrogen (secondary N) is 1. The number of nitrogens with zero attached hydrogens (tertiary/aromatic N) is 2. The van der Waals surface area contributed by atoms with Crippen molar-refractivity contribution in [1.29, 1.82) is 0 Å². The quantitative estimate of drug-likeness (QED) is 0.233. The molecule has 2 aromatic carbocycles. The Labute approximate surface area is 252 Å². The molecule has 11 heteroatoms. The molecule has 4 rings (SSSR count). The lowest BCUT2D eigenvalue weighted by Crippen LogP contribution is -2.72. The second-order valence-corrected chi connectivity index (χ2v) is 12.0. The van der Waals surface area contributed by atoms with Gasteiger partial charge in [-0.15, -0.1) is 0 Å². The van der Waals surface area contributed by atoms with Crippen LogP contribution in [-0.4, -0.2) is 92.1 Å². The number of amides is 4. The smallest absolute Gasteiger partial charge is 0.333 e. The summed E-state index contributed by atoms with van der Waals surface area (Å²) in [7, 11) is 0. The third-order valence-corrected chi connectivity index (χ3v) is 8.91. The fourth-order valence-electron chi connectivity index (χ4n) is 6.61. The van der Waals surface area contributed by atoms with Crippen molar-refractivity contribution in [2.24, 2.45) is 5.73 Å². The Hall–Kier alpha value is -3.64. The number of quaternary nitrogens is 1. The molecule has 0 bridgehead atoms. The molecule has 2 aliphatic rings. The average Bonchev–Trinajstić information content (AvgIpc) is 3.61. The minimum atomic E-state index is -1.39. The maximum atomic E-state index is 15.1. The van der Waals surface area contributed by atoms with Gasteiger partial charge in [0.1, 0.15) is 17.1 Å². The van der Waals surface area contributed by atoms with E-state index in [1.807, 2.05) is 60.7 Å². The van der Waals surface area contributed by atoms with E-state index in [9.17, 15) is 24.6 Å². The van der Waals surface area contributed by atoms with Crippen LogP contribution in [-0.2, 0) is 32.0 Å². The van der Waals surface area contributed by atoms with Crippen LogP contribution in [0.5, 0.6) is 0 Å². The van der Waals surface area contributed by atoms with E-state index >= 15 is 4.79 Å². The molecule has 0 aliphatic carbocycles. The molecule has 0 saturated carbocycles. The summed E-state index contributed by atoms with van der Waals surface area (Å²) in [6.07, 6.45) is -0.196. The SMILES string of the molecule is CC(O)C(N)C(=O)N1CCCC1(Cc1ccccc1)C(=O)N1CCCC1(Cc1ccccc1)C(=O)NC(C([NH3+])=O)C(C)O. The first-order valence-electron chi connectivity index (χ1n) is 14.9. The van der Waals surface area contributed by atoms with Crippen LogP contribution in [0, 0.1) is 0 Å². The molecule has 2 saturated heterocycles. The highest BCUT2D eigenvalue weighted by Crippen LogP contribution is 2.41. The predicted octanol–water partition coefficient (Wildman–Crippen LogP) is -0.464. The van der Waals surface area contributed by atoms with Crippen molar-refractivity contribution in [1.82, 2.24) is 15.1 Å². The number of carbonyl (C=O) groups excluding carboxylic acids is 4. The maximum Gasteiger partial charge on any atom is 0.333 e. The number of rotatable bonds is 11. The number of benzene rings is 2. The van der Waals surface area contributed by atoms with Gasteiger partial charge in [-0.3, -0.25) is 20.1 Å². The van der Waals surface area contributed by atoms with Crippen molar-refractivity contribution in [2.75, 3.05) is 13.1 Å². The average molecular weight is 595 g/mol. The van der Waals surface area contributed by atoms with E-state index in [0.717, 1.165) is 11.1 Å². The zero-order chi connectivity index (χ0) is 31.4. The summed E-state index contributed by atoms with van der Waals surface area (Å²) in [6, 6.07) is 16.3. The second-order valence-electron chi connectivity index (χ2n) is 12.0. The second kappa shape index (κ2) is 13.3. The molecule has 11 nitrogen and oxygen atoms in total. The Bertz CT molecular complexity index is 1310. The standard InChI is InChI=1S/C32H43N5O6/c1-21(38)25(33)28(41)36-17-10-16-32(36,20-24-13-7-4-8-14-24)30(43)37-18-9-15-31(37,19-23-11-5-3-6-12-23)29(42)35-26(22(2)39)27(34)40/h3-8,11-14,21-22,25-26,38-39H,9-10,15-20,33H2,1-2H3,(H2,34,40)(H,35,42)/p+1. The molecular formula is C32H44N5O6+. The molecule has 0 aromatic heterocycles. The van der Waals surface area contributed by atoms with E-state index in [2.05, 4.69) is 11.1 Å². The molecule has 0 radical (unpaired) electrons. The van der Waals surface area contributed by atoms with Crippen LogP contribution >= 0.6 is 0 Å². The molecule has 43 heavy (non-hydrogen) atoms. The van der Waals surface area contributed by atoms with Gasteiger partial charge in [-0.25, -0.2) is 4.79 Å². The maximum absolute atomic E-state index is 15.1. The number of aliphatic hydroxyl groups is 2. The van der Waals surface area contributed by atoms with Gasteiger partial charge >= 0.3 is 5.91 Å². The summed E-state index contributed by atoms with van der Waals surface area (Å²) in [6.45, 7) is 3.39. The van der Waals surface area contributed by atoms with E-state index in [1.165, 1.54) is 18.7 Å². The zero-order valence-electron chi connectivity index (χ0n) is 24.9. The molecule has 8 N–H and O–H groups in total. The normalized spacial score (nSPS) is 24.7. The van der Waals surface area contributed by atoms with Crippen LogP contribution < -0.4 is 16.8 Å². The molecule has 2 aromatic rings. The molecule has 6 atom stereocenters. The minimum absolute atomic E-state index is 0.172. The zero-order valence-corrected chi connectivity index (χ0v) is 24.9. The van der Waals surface area contributed by atoms with Gasteiger partial charge in [-0.2, -0.15) is 0 Å². The third-order valence-electron chi connectivity index (χ3n) is 8.91. The van der Waals surface area contributed by atoms with Gasteiger partial charge in [0.05, 0.1) is 12.2 Å². The van der Waals surface area contributed by atoms with Gasteiger partial charge in [0.2, 0.25) is 17.7 Å². The van der Waals surface area contributed by atoms with Crippen LogP contribution in [0.3, 0.4) is 0 Å². The lowest BCUT2D eigenvalue weighted by molar-refractivity contribution is -0.310. The van der Waals surface area contributed by atoms with E-state index in [-0.39, 0.29) is 31.8 Å². The Morgan fingerprint density at radius 3 is 1.81 bits per heavy atom. The molecular weight excluding hydrogens is 550 g/mol. The lowest BCUT2D eigenvalue weighted by Gasteiger charge is -2.46. The van der Waals surface area contributed by atoms with E-state index in [1.54, 1.807) is 4.90 Å². The summed E-state index contributed by atoms with van der Waals surface area (Å²) in [5.41, 5.74) is 8.47.